The Hall–Kier alpha value is -1.70. The smallest absolute Gasteiger partial charge is 0.287 e. The molecule has 0 fully saturated rings. The summed E-state index contributed by atoms with van der Waals surface area (Å²) in [6.45, 7) is 0.226. The second-order valence-electron chi connectivity index (χ2n) is 3.22. The molecule has 8 heteroatoms. The Morgan fingerprint density at radius 2 is 2.19 bits per heavy atom. The van der Waals surface area contributed by atoms with Gasteiger partial charge < -0.3 is 5.32 Å². The summed E-state index contributed by atoms with van der Waals surface area (Å²) in [5, 5.41) is 13.1. The van der Waals surface area contributed by atoms with E-state index in [1.165, 1.54) is 12.1 Å². The number of nitrogens with one attached hydrogen (secondary N) is 1. The van der Waals surface area contributed by atoms with E-state index in [1.807, 2.05) is 0 Å². The highest BCUT2D eigenvalue weighted by Crippen LogP contribution is 2.11. The van der Waals surface area contributed by atoms with Crippen molar-refractivity contribution in [3.05, 3.63) is 28.4 Å². The van der Waals surface area contributed by atoms with Crippen LogP contribution < -0.4 is 5.32 Å². The van der Waals surface area contributed by atoms with E-state index < -0.39 is 14.8 Å². The van der Waals surface area contributed by atoms with Crippen LogP contribution in [0.25, 0.3) is 0 Å². The Morgan fingerprint density at radius 3 is 2.62 bits per heavy atom. The molecule has 0 unspecified atom stereocenters. The number of nitrogens with zero attached hydrogens (tertiary/aromatic N) is 2. The van der Waals surface area contributed by atoms with Gasteiger partial charge >= 0.3 is 0 Å². The highest BCUT2D eigenvalue weighted by molar-refractivity contribution is 7.90. The van der Waals surface area contributed by atoms with Gasteiger partial charge in [-0.2, -0.15) is 0 Å². The number of sulfone groups is 1. The summed E-state index contributed by atoms with van der Waals surface area (Å²) >= 11 is 0. The summed E-state index contributed by atoms with van der Waals surface area (Å²) in [5.41, 5.74) is -0.103. The minimum absolute atomic E-state index is 0.00827. The van der Waals surface area contributed by atoms with E-state index >= 15 is 0 Å². The average Bonchev–Trinajstić information content (AvgIpc) is 2.16. The van der Waals surface area contributed by atoms with Gasteiger partial charge in [0.25, 0.3) is 5.69 Å². The Kier molecular flexibility index (Phi) is 3.78. The first-order valence-electron chi connectivity index (χ1n) is 4.40. The Morgan fingerprint density at radius 1 is 1.50 bits per heavy atom. The van der Waals surface area contributed by atoms with Crippen molar-refractivity contribution < 1.29 is 13.3 Å². The lowest BCUT2D eigenvalue weighted by molar-refractivity contribution is -0.385. The lowest BCUT2D eigenvalue weighted by Crippen LogP contribution is -2.14. The molecule has 0 bridgehead atoms. The fraction of sp³-hybridized carbons (Fsp3) is 0.375. The maximum absolute atomic E-state index is 10.8. The summed E-state index contributed by atoms with van der Waals surface area (Å²) in [5.74, 6) is 0.403. The van der Waals surface area contributed by atoms with Crippen molar-refractivity contribution in [1.29, 1.82) is 0 Å². The zero-order chi connectivity index (χ0) is 12.2. The molecule has 0 amide bonds. The molecule has 0 radical (unpaired) electrons. The number of rotatable bonds is 5. The van der Waals surface area contributed by atoms with Crippen molar-refractivity contribution in [3.63, 3.8) is 0 Å². The van der Waals surface area contributed by atoms with Crippen LogP contribution in [0.15, 0.2) is 18.3 Å². The molecule has 0 aliphatic carbocycles. The van der Waals surface area contributed by atoms with Crippen molar-refractivity contribution in [3.8, 4) is 0 Å². The van der Waals surface area contributed by atoms with E-state index in [4.69, 9.17) is 0 Å². The zero-order valence-electron chi connectivity index (χ0n) is 8.58. The third kappa shape index (κ3) is 4.22. The van der Waals surface area contributed by atoms with Gasteiger partial charge in [0.15, 0.2) is 0 Å². The fourth-order valence-electron chi connectivity index (χ4n) is 0.963. The largest absolute Gasteiger partial charge is 0.369 e. The van der Waals surface area contributed by atoms with Gasteiger partial charge in [0, 0.05) is 18.9 Å². The molecular formula is C8H11N3O4S. The van der Waals surface area contributed by atoms with Gasteiger partial charge in [0.05, 0.1) is 10.7 Å². The molecule has 1 heterocycles. The van der Waals surface area contributed by atoms with E-state index in [0.29, 0.717) is 5.82 Å². The van der Waals surface area contributed by atoms with Crippen LogP contribution in [-0.4, -0.2) is 36.9 Å². The number of nitro groups is 1. The van der Waals surface area contributed by atoms with E-state index in [0.717, 1.165) is 12.5 Å². The van der Waals surface area contributed by atoms with Gasteiger partial charge in [0.1, 0.15) is 21.9 Å². The molecule has 1 aromatic heterocycles. The monoisotopic (exact) mass is 245 g/mol. The van der Waals surface area contributed by atoms with Crippen LogP contribution in [0.5, 0.6) is 0 Å². The maximum atomic E-state index is 10.8. The number of hydrogen-bond donors (Lipinski definition) is 1. The average molecular weight is 245 g/mol. The van der Waals surface area contributed by atoms with E-state index in [1.54, 1.807) is 0 Å². The Bertz CT molecular complexity index is 469. The Labute approximate surface area is 92.6 Å². The summed E-state index contributed by atoms with van der Waals surface area (Å²) in [6, 6.07) is 2.73. The minimum atomic E-state index is -3.01. The van der Waals surface area contributed by atoms with Crippen LogP contribution >= 0.6 is 0 Å². The molecule has 0 spiro atoms. The number of aromatic nitrogens is 1. The molecule has 1 aromatic rings. The van der Waals surface area contributed by atoms with Gasteiger partial charge in [0.2, 0.25) is 0 Å². The fourth-order valence-corrected chi connectivity index (χ4v) is 1.44. The van der Waals surface area contributed by atoms with Crippen molar-refractivity contribution in [2.45, 2.75) is 0 Å². The molecule has 0 atom stereocenters. The van der Waals surface area contributed by atoms with Crippen molar-refractivity contribution in [1.82, 2.24) is 4.98 Å². The van der Waals surface area contributed by atoms with Crippen molar-refractivity contribution in [2.24, 2.45) is 0 Å². The van der Waals surface area contributed by atoms with Crippen LogP contribution in [0.1, 0.15) is 0 Å². The highest BCUT2D eigenvalue weighted by atomic mass is 32.2. The molecule has 0 aromatic carbocycles. The summed E-state index contributed by atoms with van der Waals surface area (Å²) < 4.78 is 21.6. The first-order valence-corrected chi connectivity index (χ1v) is 6.46. The molecule has 0 saturated heterocycles. The Balaban J connectivity index is 2.53. The van der Waals surface area contributed by atoms with Crippen molar-refractivity contribution in [2.75, 3.05) is 23.9 Å². The second kappa shape index (κ2) is 4.88. The summed E-state index contributed by atoms with van der Waals surface area (Å²) in [6.07, 6.45) is 2.25. The molecule has 16 heavy (non-hydrogen) atoms. The highest BCUT2D eigenvalue weighted by Gasteiger charge is 2.05. The van der Waals surface area contributed by atoms with Crippen molar-refractivity contribution >= 4 is 21.3 Å². The molecule has 0 aliphatic rings. The third-order valence-electron chi connectivity index (χ3n) is 1.74. The van der Waals surface area contributed by atoms with Crippen LogP contribution in [0, 0.1) is 10.1 Å². The number of pyridine rings is 1. The molecule has 88 valence electrons. The molecule has 0 saturated carbocycles. The zero-order valence-corrected chi connectivity index (χ0v) is 9.40. The number of anilines is 1. The van der Waals surface area contributed by atoms with Gasteiger partial charge in [-0.05, 0) is 6.07 Å². The first-order chi connectivity index (χ1) is 7.38. The first kappa shape index (κ1) is 12.4. The predicted octanol–water partition coefficient (Wildman–Crippen LogP) is 0.446. The second-order valence-corrected chi connectivity index (χ2v) is 5.48. The normalized spacial score (nSPS) is 11.1. The predicted molar refractivity (Wildman–Crippen MR) is 59.1 cm³/mol. The minimum Gasteiger partial charge on any atom is -0.369 e. The lowest BCUT2D eigenvalue weighted by Gasteiger charge is -2.03. The molecule has 7 nitrogen and oxygen atoms in total. The van der Waals surface area contributed by atoms with Crippen LogP contribution in [-0.2, 0) is 9.84 Å². The number of hydrogen-bond acceptors (Lipinski definition) is 6. The standard InChI is InChI=1S/C8H11N3O4S/c1-16(14,15)5-4-9-8-3-2-7(6-10-8)11(12)13/h2-3,6H,4-5H2,1H3,(H,9,10). The molecule has 1 rings (SSSR count). The van der Waals surface area contributed by atoms with Crippen LogP contribution in [0.4, 0.5) is 11.5 Å². The maximum Gasteiger partial charge on any atom is 0.287 e. The summed E-state index contributed by atoms with van der Waals surface area (Å²) in [7, 11) is -3.01. The van der Waals surface area contributed by atoms with E-state index in [-0.39, 0.29) is 18.0 Å². The molecular weight excluding hydrogens is 234 g/mol. The van der Waals surface area contributed by atoms with Gasteiger partial charge in [-0.3, -0.25) is 10.1 Å². The van der Waals surface area contributed by atoms with E-state index in [2.05, 4.69) is 10.3 Å². The molecule has 1 N–H and O–H groups in total. The van der Waals surface area contributed by atoms with Crippen LogP contribution in [0.2, 0.25) is 0 Å². The molecule has 0 aliphatic heterocycles. The quantitative estimate of drug-likeness (QED) is 0.596. The van der Waals surface area contributed by atoms with Crippen LogP contribution in [0.3, 0.4) is 0 Å². The summed E-state index contributed by atoms with van der Waals surface area (Å²) in [4.78, 5) is 13.5. The topological polar surface area (TPSA) is 102 Å². The van der Waals surface area contributed by atoms with Gasteiger partial charge in [-0.15, -0.1) is 0 Å². The SMILES string of the molecule is CS(=O)(=O)CCNc1ccc([N+](=O)[O-])cn1. The van der Waals surface area contributed by atoms with Gasteiger partial charge in [-0.25, -0.2) is 13.4 Å². The lowest BCUT2D eigenvalue weighted by atomic mass is 10.4. The van der Waals surface area contributed by atoms with E-state index in [9.17, 15) is 18.5 Å². The third-order valence-corrected chi connectivity index (χ3v) is 2.68. The van der Waals surface area contributed by atoms with Gasteiger partial charge in [-0.1, -0.05) is 0 Å².